The fraction of sp³-hybridized carbons (Fsp3) is 0.481. The minimum absolute atomic E-state index is 0.00442. The van der Waals surface area contributed by atoms with E-state index in [1.54, 1.807) is 18.9 Å². The molecule has 7 heteroatoms. The van der Waals surface area contributed by atoms with Crippen LogP contribution in [-0.2, 0) is 21.5 Å². The Bertz CT molecular complexity index is 970. The van der Waals surface area contributed by atoms with E-state index in [0.717, 1.165) is 27.8 Å². The number of carbonyl (C=O) groups is 2. The molecule has 0 bridgehead atoms. The third-order valence-electron chi connectivity index (χ3n) is 5.83. The standard InChI is InChI=1S/C27H37BrN2O4/c1-8-18(2)29-26(32)19(3)30(16-20-9-12-22(33-7)13-10-20)25(31)17-34-24-14-11-21(15-23(24)28)27(4,5)6/h9-15,18-19H,8,16-17H2,1-7H3,(H,29,32). The molecular weight excluding hydrogens is 496 g/mol. The number of rotatable bonds is 10. The molecule has 2 aromatic rings. The Labute approximate surface area is 212 Å². The minimum Gasteiger partial charge on any atom is -0.497 e. The van der Waals surface area contributed by atoms with Gasteiger partial charge in [-0.3, -0.25) is 9.59 Å². The minimum atomic E-state index is -0.654. The van der Waals surface area contributed by atoms with Crippen LogP contribution in [0.15, 0.2) is 46.9 Å². The van der Waals surface area contributed by atoms with Gasteiger partial charge in [0.05, 0.1) is 11.6 Å². The number of hydrogen-bond donors (Lipinski definition) is 1. The summed E-state index contributed by atoms with van der Waals surface area (Å²) in [5.74, 6) is 0.861. The molecule has 0 spiro atoms. The number of halogens is 1. The van der Waals surface area contributed by atoms with Crippen molar-refractivity contribution in [3.63, 3.8) is 0 Å². The van der Waals surface area contributed by atoms with Gasteiger partial charge in [0.15, 0.2) is 6.61 Å². The molecule has 2 unspecified atom stereocenters. The zero-order valence-electron chi connectivity index (χ0n) is 21.3. The first-order valence-electron chi connectivity index (χ1n) is 11.6. The van der Waals surface area contributed by atoms with Gasteiger partial charge in [-0.1, -0.05) is 45.9 Å². The molecular formula is C27H37BrN2O4. The first kappa shape index (κ1) is 27.7. The average molecular weight is 534 g/mol. The average Bonchev–Trinajstić information content (AvgIpc) is 2.80. The highest BCUT2D eigenvalue weighted by Gasteiger charge is 2.27. The fourth-order valence-electron chi connectivity index (χ4n) is 3.28. The molecule has 6 nitrogen and oxygen atoms in total. The van der Waals surface area contributed by atoms with Gasteiger partial charge in [0.1, 0.15) is 17.5 Å². The third kappa shape index (κ3) is 7.76. The van der Waals surface area contributed by atoms with Crippen LogP contribution >= 0.6 is 15.9 Å². The normalized spacial score (nSPS) is 13.1. The molecule has 0 heterocycles. The highest BCUT2D eigenvalue weighted by atomic mass is 79.9. The van der Waals surface area contributed by atoms with Crippen LogP contribution in [0.1, 0.15) is 59.1 Å². The highest BCUT2D eigenvalue weighted by molar-refractivity contribution is 9.10. The lowest BCUT2D eigenvalue weighted by molar-refractivity contribution is -0.142. The second-order valence-corrected chi connectivity index (χ2v) is 10.4. The predicted molar refractivity (Wildman–Crippen MR) is 139 cm³/mol. The summed E-state index contributed by atoms with van der Waals surface area (Å²) in [7, 11) is 1.61. The van der Waals surface area contributed by atoms with E-state index in [0.29, 0.717) is 5.75 Å². The molecule has 0 radical (unpaired) electrons. The predicted octanol–water partition coefficient (Wildman–Crippen LogP) is 5.47. The zero-order chi connectivity index (χ0) is 25.5. The largest absolute Gasteiger partial charge is 0.497 e. The Balaban J connectivity index is 2.19. The molecule has 0 aliphatic carbocycles. The number of nitrogens with one attached hydrogen (secondary N) is 1. The SMILES string of the molecule is CCC(C)NC(=O)C(C)N(Cc1ccc(OC)cc1)C(=O)COc1ccc(C(C)(C)C)cc1Br. The van der Waals surface area contributed by atoms with Crippen molar-refractivity contribution in [2.75, 3.05) is 13.7 Å². The van der Waals surface area contributed by atoms with Gasteiger partial charge in [0, 0.05) is 12.6 Å². The number of ether oxygens (including phenoxy) is 2. The first-order chi connectivity index (χ1) is 16.0. The molecule has 0 saturated heterocycles. The summed E-state index contributed by atoms with van der Waals surface area (Å²) in [5.41, 5.74) is 2.06. The topological polar surface area (TPSA) is 67.9 Å². The van der Waals surface area contributed by atoms with Gasteiger partial charge in [0.25, 0.3) is 5.91 Å². The van der Waals surface area contributed by atoms with Crippen molar-refractivity contribution in [3.8, 4) is 11.5 Å². The first-order valence-corrected chi connectivity index (χ1v) is 12.4. The quantitative estimate of drug-likeness (QED) is 0.440. The molecule has 2 rings (SSSR count). The summed E-state index contributed by atoms with van der Waals surface area (Å²) >= 11 is 3.56. The summed E-state index contributed by atoms with van der Waals surface area (Å²) in [6, 6.07) is 12.7. The molecule has 0 aliphatic rings. The number of hydrogen-bond acceptors (Lipinski definition) is 4. The maximum Gasteiger partial charge on any atom is 0.261 e. The molecule has 186 valence electrons. The summed E-state index contributed by atoms with van der Waals surface area (Å²) in [6.07, 6.45) is 0.812. The van der Waals surface area contributed by atoms with E-state index in [-0.39, 0.29) is 36.4 Å². The van der Waals surface area contributed by atoms with Gasteiger partial charge in [-0.2, -0.15) is 0 Å². The number of amides is 2. The van der Waals surface area contributed by atoms with E-state index in [9.17, 15) is 9.59 Å². The van der Waals surface area contributed by atoms with Crippen molar-refractivity contribution < 1.29 is 19.1 Å². The number of carbonyl (C=O) groups excluding carboxylic acids is 2. The van der Waals surface area contributed by atoms with Crippen LogP contribution in [0.5, 0.6) is 11.5 Å². The lowest BCUT2D eigenvalue weighted by Gasteiger charge is -2.29. The van der Waals surface area contributed by atoms with E-state index in [4.69, 9.17) is 9.47 Å². The van der Waals surface area contributed by atoms with Gasteiger partial charge < -0.3 is 19.7 Å². The Hall–Kier alpha value is -2.54. The third-order valence-corrected chi connectivity index (χ3v) is 6.45. The molecule has 2 aromatic carbocycles. The molecule has 0 fully saturated rings. The lowest BCUT2D eigenvalue weighted by Crippen LogP contribution is -2.50. The van der Waals surface area contributed by atoms with Gasteiger partial charge in [-0.15, -0.1) is 0 Å². The van der Waals surface area contributed by atoms with Crippen molar-refractivity contribution in [1.82, 2.24) is 10.2 Å². The number of nitrogens with zero attached hydrogens (tertiary/aromatic N) is 1. The molecule has 0 aromatic heterocycles. The van der Waals surface area contributed by atoms with Gasteiger partial charge >= 0.3 is 0 Å². The van der Waals surface area contributed by atoms with E-state index >= 15 is 0 Å². The summed E-state index contributed by atoms with van der Waals surface area (Å²) < 4.78 is 11.9. The van der Waals surface area contributed by atoms with Crippen molar-refractivity contribution >= 4 is 27.7 Å². The smallest absolute Gasteiger partial charge is 0.261 e. The van der Waals surface area contributed by atoms with Crippen LogP contribution in [0.25, 0.3) is 0 Å². The fourth-order valence-corrected chi connectivity index (χ4v) is 3.78. The van der Waals surface area contributed by atoms with Crippen LogP contribution in [-0.4, -0.2) is 42.5 Å². The molecule has 1 N–H and O–H groups in total. The van der Waals surface area contributed by atoms with Crippen LogP contribution in [0.3, 0.4) is 0 Å². The Morgan fingerprint density at radius 3 is 2.26 bits per heavy atom. The van der Waals surface area contributed by atoms with Crippen molar-refractivity contribution in [2.24, 2.45) is 0 Å². The summed E-state index contributed by atoms with van der Waals surface area (Å²) in [5, 5.41) is 2.97. The second kappa shape index (κ2) is 12.2. The van der Waals surface area contributed by atoms with Gasteiger partial charge in [-0.05, 0) is 77.0 Å². The Kier molecular flexibility index (Phi) is 9.98. The highest BCUT2D eigenvalue weighted by Crippen LogP contribution is 2.31. The number of methoxy groups -OCH3 is 1. The van der Waals surface area contributed by atoms with Crippen LogP contribution in [0.4, 0.5) is 0 Å². The van der Waals surface area contributed by atoms with E-state index in [1.807, 2.05) is 56.3 Å². The van der Waals surface area contributed by atoms with E-state index in [2.05, 4.69) is 42.0 Å². The van der Waals surface area contributed by atoms with Crippen molar-refractivity contribution in [2.45, 2.75) is 72.0 Å². The maximum absolute atomic E-state index is 13.3. The molecule has 0 aliphatic heterocycles. The Morgan fingerprint density at radius 2 is 1.74 bits per heavy atom. The second-order valence-electron chi connectivity index (χ2n) is 9.55. The van der Waals surface area contributed by atoms with Crippen LogP contribution in [0.2, 0.25) is 0 Å². The molecule has 0 saturated carbocycles. The van der Waals surface area contributed by atoms with Gasteiger partial charge in [0.2, 0.25) is 5.91 Å². The maximum atomic E-state index is 13.3. The van der Waals surface area contributed by atoms with Crippen molar-refractivity contribution in [1.29, 1.82) is 0 Å². The zero-order valence-corrected chi connectivity index (χ0v) is 22.9. The summed E-state index contributed by atoms with van der Waals surface area (Å²) in [6.45, 7) is 12.2. The molecule has 34 heavy (non-hydrogen) atoms. The monoisotopic (exact) mass is 532 g/mol. The van der Waals surface area contributed by atoms with Gasteiger partial charge in [-0.25, -0.2) is 0 Å². The van der Waals surface area contributed by atoms with Crippen LogP contribution < -0.4 is 14.8 Å². The van der Waals surface area contributed by atoms with Crippen molar-refractivity contribution in [3.05, 3.63) is 58.1 Å². The van der Waals surface area contributed by atoms with E-state index in [1.165, 1.54) is 0 Å². The molecule has 2 amide bonds. The summed E-state index contributed by atoms with van der Waals surface area (Å²) in [4.78, 5) is 27.7. The Morgan fingerprint density at radius 1 is 1.09 bits per heavy atom. The molecule has 2 atom stereocenters. The van der Waals surface area contributed by atoms with E-state index < -0.39 is 6.04 Å². The lowest BCUT2D eigenvalue weighted by atomic mass is 9.87. The number of benzene rings is 2. The van der Waals surface area contributed by atoms with Crippen LogP contribution in [0, 0.1) is 0 Å².